The van der Waals surface area contributed by atoms with Crippen LogP contribution in [-0.4, -0.2) is 62.1 Å². The molecular formula is C32H31Cl2FN2O7S. The summed E-state index contributed by atoms with van der Waals surface area (Å²) in [6.45, 7) is 1.02. The minimum absolute atomic E-state index is 0.154. The highest BCUT2D eigenvalue weighted by Gasteiger charge is 2.52. The van der Waals surface area contributed by atoms with E-state index >= 15 is 4.39 Å². The molecule has 2 aliphatic carbocycles. The Bertz CT molecular complexity index is 1750. The van der Waals surface area contributed by atoms with Crippen molar-refractivity contribution in [3.8, 4) is 11.3 Å². The summed E-state index contributed by atoms with van der Waals surface area (Å²) in [7, 11) is -3.72. The van der Waals surface area contributed by atoms with Crippen molar-refractivity contribution in [1.29, 1.82) is 0 Å². The number of benzene rings is 2. The molecule has 45 heavy (non-hydrogen) atoms. The molecule has 0 radical (unpaired) electrons. The molecule has 0 N–H and O–H groups in total. The zero-order chi connectivity index (χ0) is 31.5. The maximum atomic E-state index is 15.2. The third-order valence-electron chi connectivity index (χ3n) is 9.20. The Morgan fingerprint density at radius 3 is 2.56 bits per heavy atom. The van der Waals surface area contributed by atoms with Gasteiger partial charge in [-0.15, -0.1) is 0 Å². The molecule has 1 amide bonds. The number of anilines is 1. The molecule has 4 fully saturated rings. The summed E-state index contributed by atoms with van der Waals surface area (Å²) in [5, 5.41) is 5.20. The number of fused-ring (bicyclic) bond motifs is 2. The van der Waals surface area contributed by atoms with Crippen LogP contribution in [0.4, 0.5) is 10.1 Å². The molecule has 2 aromatic carbocycles. The number of nitrogens with zero attached hydrogens (tertiary/aromatic N) is 2. The second-order valence-corrected chi connectivity index (χ2v) is 15.3. The van der Waals surface area contributed by atoms with Gasteiger partial charge in [-0.2, -0.15) is 0 Å². The number of hydrogen-bond donors (Lipinski definition) is 0. The van der Waals surface area contributed by atoms with Crippen molar-refractivity contribution in [3.63, 3.8) is 0 Å². The summed E-state index contributed by atoms with van der Waals surface area (Å²) >= 11 is 13.0. The Balaban J connectivity index is 1.02. The standard InChI is InChI=1S/C32H31Cl2FN2O7S/c33-24-2-1-3-25(34)29(24)30-23(31(44-36-30)18-4-5-18)14-43-28-12-20-10-22(28)32(39)37(20)19-6-7-21(26(35)11-19)27(38)16-45(40,41)15-17-8-9-42-13-17/h1-3,6-7,11,17-18,20,22,28H,4-5,8-10,12-16H2/t17?,20-,22+,28+/m0/s1. The van der Waals surface area contributed by atoms with E-state index in [0.29, 0.717) is 59.5 Å². The molecule has 1 aromatic heterocycles. The minimum atomic E-state index is -3.72. The Kier molecular flexibility index (Phi) is 8.27. The molecule has 3 aromatic rings. The van der Waals surface area contributed by atoms with E-state index in [4.69, 9.17) is 37.2 Å². The third kappa shape index (κ3) is 6.05. The fraction of sp³-hybridized carbons (Fsp3) is 0.469. The average molecular weight is 678 g/mol. The summed E-state index contributed by atoms with van der Waals surface area (Å²) in [5.41, 5.74) is 1.92. The molecule has 238 valence electrons. The van der Waals surface area contributed by atoms with E-state index in [1.807, 2.05) is 0 Å². The first-order valence-corrected chi connectivity index (χ1v) is 17.7. The lowest BCUT2D eigenvalue weighted by atomic mass is 10.0. The van der Waals surface area contributed by atoms with Crippen LogP contribution in [0.15, 0.2) is 40.9 Å². The van der Waals surface area contributed by atoms with Gasteiger partial charge in [-0.1, -0.05) is 34.4 Å². The van der Waals surface area contributed by atoms with Gasteiger partial charge in [-0.3, -0.25) is 9.59 Å². The van der Waals surface area contributed by atoms with Crippen molar-refractivity contribution < 1.29 is 36.4 Å². The number of sulfone groups is 1. The number of aromatic nitrogens is 1. The van der Waals surface area contributed by atoms with Gasteiger partial charge in [0.2, 0.25) is 5.91 Å². The highest BCUT2D eigenvalue weighted by Crippen LogP contribution is 2.48. The molecule has 1 unspecified atom stereocenters. The molecule has 7 rings (SSSR count). The molecule has 3 heterocycles. The summed E-state index contributed by atoms with van der Waals surface area (Å²) in [6.07, 6.45) is 3.36. The number of amides is 1. The number of Topliss-reactive ketones (excluding diaryl/α,β-unsaturated/α-hetero) is 1. The van der Waals surface area contributed by atoms with Crippen molar-refractivity contribution in [2.75, 3.05) is 29.6 Å². The van der Waals surface area contributed by atoms with E-state index in [1.54, 1.807) is 23.1 Å². The van der Waals surface area contributed by atoms with Crippen molar-refractivity contribution in [1.82, 2.24) is 5.16 Å². The molecular weight excluding hydrogens is 646 g/mol. The molecule has 4 atom stereocenters. The first kappa shape index (κ1) is 30.8. The molecule has 13 heteroatoms. The quantitative estimate of drug-likeness (QED) is 0.227. The predicted molar refractivity (Wildman–Crippen MR) is 165 cm³/mol. The topological polar surface area (TPSA) is 116 Å². The number of carbonyl (C=O) groups excluding carboxylic acids is 2. The number of hydrogen-bond acceptors (Lipinski definition) is 8. The van der Waals surface area contributed by atoms with Crippen LogP contribution in [-0.2, 0) is 30.7 Å². The van der Waals surface area contributed by atoms with Crippen LogP contribution in [0.5, 0.6) is 0 Å². The SMILES string of the molecule is O=C(CS(=O)(=O)CC1CCOC1)c1ccc(N2C(=O)[C@@H]3C[C@H]2C[C@H]3OCc2c(-c3c(Cl)cccc3Cl)noc2C2CC2)cc1F. The molecule has 2 saturated heterocycles. The number of halogens is 3. The maximum Gasteiger partial charge on any atom is 0.233 e. The Morgan fingerprint density at radius 2 is 1.89 bits per heavy atom. The Labute approximate surface area is 269 Å². The first-order chi connectivity index (χ1) is 21.6. The van der Waals surface area contributed by atoms with Crippen LogP contribution in [0.2, 0.25) is 10.0 Å². The summed E-state index contributed by atoms with van der Waals surface area (Å²) in [5.74, 6) is -2.34. The second-order valence-electron chi connectivity index (χ2n) is 12.4. The average Bonchev–Trinajstić information content (AvgIpc) is 3.28. The van der Waals surface area contributed by atoms with Gasteiger partial charge in [0.15, 0.2) is 15.6 Å². The normalized spacial score (nSPS) is 24.6. The van der Waals surface area contributed by atoms with Crippen LogP contribution in [0.1, 0.15) is 59.7 Å². The summed E-state index contributed by atoms with van der Waals surface area (Å²) in [6, 6.07) is 8.93. The van der Waals surface area contributed by atoms with Crippen LogP contribution >= 0.6 is 23.2 Å². The number of carbonyl (C=O) groups is 2. The Morgan fingerprint density at radius 1 is 1.11 bits per heavy atom. The van der Waals surface area contributed by atoms with Crippen molar-refractivity contribution in [2.24, 2.45) is 11.8 Å². The van der Waals surface area contributed by atoms with Crippen LogP contribution in [0.3, 0.4) is 0 Å². The Hall–Kier alpha value is -2.83. The summed E-state index contributed by atoms with van der Waals surface area (Å²) in [4.78, 5) is 27.8. The van der Waals surface area contributed by atoms with Crippen molar-refractivity contribution in [2.45, 2.75) is 56.8 Å². The highest BCUT2D eigenvalue weighted by atomic mass is 35.5. The van der Waals surface area contributed by atoms with E-state index in [1.165, 1.54) is 12.1 Å². The minimum Gasteiger partial charge on any atom is -0.381 e. The van der Waals surface area contributed by atoms with Gasteiger partial charge in [-0.25, -0.2) is 12.8 Å². The van der Waals surface area contributed by atoms with Gasteiger partial charge in [0.25, 0.3) is 0 Å². The number of ether oxygens (including phenoxy) is 2. The van der Waals surface area contributed by atoms with E-state index in [9.17, 15) is 18.0 Å². The predicted octanol–water partition coefficient (Wildman–Crippen LogP) is 6.01. The largest absolute Gasteiger partial charge is 0.381 e. The zero-order valence-corrected chi connectivity index (χ0v) is 26.5. The smallest absolute Gasteiger partial charge is 0.233 e. The van der Waals surface area contributed by atoms with Gasteiger partial charge in [0, 0.05) is 35.4 Å². The zero-order valence-electron chi connectivity index (χ0n) is 24.2. The van der Waals surface area contributed by atoms with Crippen molar-refractivity contribution >= 4 is 50.4 Å². The highest BCUT2D eigenvalue weighted by molar-refractivity contribution is 7.92. The number of piperidine rings is 1. The van der Waals surface area contributed by atoms with Crippen LogP contribution in [0.25, 0.3) is 11.3 Å². The molecule has 2 bridgehead atoms. The lowest BCUT2D eigenvalue weighted by Gasteiger charge is -2.31. The van der Waals surface area contributed by atoms with Gasteiger partial charge in [0.05, 0.1) is 46.6 Å². The molecule has 0 spiro atoms. The molecule has 2 aliphatic heterocycles. The van der Waals surface area contributed by atoms with Gasteiger partial charge in [-0.05, 0) is 68.4 Å². The van der Waals surface area contributed by atoms with E-state index < -0.39 is 33.1 Å². The molecule has 2 saturated carbocycles. The third-order valence-corrected chi connectivity index (χ3v) is 11.5. The van der Waals surface area contributed by atoms with Crippen molar-refractivity contribution in [3.05, 3.63) is 69.1 Å². The first-order valence-electron chi connectivity index (χ1n) is 15.1. The summed E-state index contributed by atoms with van der Waals surface area (Å²) < 4.78 is 57.5. The van der Waals surface area contributed by atoms with E-state index in [0.717, 1.165) is 30.2 Å². The van der Waals surface area contributed by atoms with E-state index in [2.05, 4.69) is 5.16 Å². The van der Waals surface area contributed by atoms with Gasteiger partial charge < -0.3 is 18.9 Å². The van der Waals surface area contributed by atoms with Crippen LogP contribution in [0, 0.1) is 17.7 Å². The monoisotopic (exact) mass is 676 g/mol. The maximum absolute atomic E-state index is 15.2. The number of rotatable bonds is 11. The van der Waals surface area contributed by atoms with Gasteiger partial charge >= 0.3 is 0 Å². The fourth-order valence-electron chi connectivity index (χ4n) is 6.85. The lowest BCUT2D eigenvalue weighted by molar-refractivity contribution is -0.126. The van der Waals surface area contributed by atoms with Gasteiger partial charge in [0.1, 0.15) is 23.0 Å². The van der Waals surface area contributed by atoms with Crippen LogP contribution < -0.4 is 4.90 Å². The molecule has 4 aliphatic rings. The fourth-order valence-corrected chi connectivity index (χ4v) is 9.08. The van der Waals surface area contributed by atoms with E-state index in [-0.39, 0.29) is 47.8 Å². The number of ketones is 1. The lowest BCUT2D eigenvalue weighted by Crippen LogP contribution is -2.43. The second kappa shape index (κ2) is 12.1. The molecule has 9 nitrogen and oxygen atoms in total.